The van der Waals surface area contributed by atoms with E-state index in [1.165, 1.54) is 5.56 Å². The van der Waals surface area contributed by atoms with Gasteiger partial charge in [-0.2, -0.15) is 0 Å². The molecule has 28 heavy (non-hydrogen) atoms. The molecule has 1 aliphatic rings. The third-order valence-electron chi connectivity index (χ3n) is 4.90. The largest absolute Gasteiger partial charge is 0.393 e. The van der Waals surface area contributed by atoms with E-state index in [-0.39, 0.29) is 0 Å². The Labute approximate surface area is 170 Å². The maximum Gasteiger partial charge on any atom is 0.159 e. The van der Waals surface area contributed by atoms with E-state index in [1.54, 1.807) is 6.33 Å². The van der Waals surface area contributed by atoms with Crippen molar-refractivity contribution in [2.24, 2.45) is 0 Å². The van der Waals surface area contributed by atoms with Gasteiger partial charge in [-0.3, -0.25) is 0 Å². The summed E-state index contributed by atoms with van der Waals surface area (Å²) in [6.07, 6.45) is 1.56. The molecule has 1 aromatic heterocycles. The predicted molar refractivity (Wildman–Crippen MR) is 117 cm³/mol. The molecule has 3 N–H and O–H groups in total. The van der Waals surface area contributed by atoms with Gasteiger partial charge in [0.15, 0.2) is 11.6 Å². The molecular weight excluding hydrogens is 372 g/mol. The molecule has 4 rings (SSSR count). The van der Waals surface area contributed by atoms with Crippen molar-refractivity contribution in [3.63, 3.8) is 0 Å². The Morgan fingerprint density at radius 3 is 2.46 bits per heavy atom. The van der Waals surface area contributed by atoms with Gasteiger partial charge in [0.25, 0.3) is 0 Å². The first-order valence-electron chi connectivity index (χ1n) is 9.30. The number of aryl methyl sites for hydroxylation is 1. The summed E-state index contributed by atoms with van der Waals surface area (Å²) in [5, 5.41) is 4.06. The number of halogens is 1. The summed E-state index contributed by atoms with van der Waals surface area (Å²) in [4.78, 5) is 13.3. The quantitative estimate of drug-likeness (QED) is 0.694. The lowest BCUT2D eigenvalue weighted by atomic mass is 10.2. The van der Waals surface area contributed by atoms with Crippen LogP contribution in [0.4, 0.5) is 28.7 Å². The average Bonchev–Trinajstić information content (AvgIpc) is 2.70. The zero-order valence-corrected chi connectivity index (χ0v) is 16.5. The number of nitrogens with two attached hydrogens (primary N) is 1. The van der Waals surface area contributed by atoms with Crippen LogP contribution in [0.5, 0.6) is 0 Å². The Morgan fingerprint density at radius 2 is 1.71 bits per heavy atom. The van der Waals surface area contributed by atoms with E-state index in [0.29, 0.717) is 11.5 Å². The van der Waals surface area contributed by atoms with E-state index in [9.17, 15) is 0 Å². The van der Waals surface area contributed by atoms with Crippen molar-refractivity contribution >= 4 is 40.3 Å². The molecule has 6 nitrogen and oxygen atoms in total. The van der Waals surface area contributed by atoms with Crippen LogP contribution in [0.15, 0.2) is 54.9 Å². The topological polar surface area (TPSA) is 70.3 Å². The minimum Gasteiger partial charge on any atom is -0.393 e. The summed E-state index contributed by atoms with van der Waals surface area (Å²) < 4.78 is 0. The van der Waals surface area contributed by atoms with Gasteiger partial charge < -0.3 is 20.9 Å². The Hall–Kier alpha value is -2.99. The summed E-state index contributed by atoms with van der Waals surface area (Å²) in [6.45, 7) is 5.48. The van der Waals surface area contributed by atoms with Crippen molar-refractivity contribution in [2.75, 3.05) is 47.0 Å². The fourth-order valence-corrected chi connectivity index (χ4v) is 3.63. The third-order valence-corrected chi connectivity index (χ3v) is 5.13. The fraction of sp³-hybridized carbons (Fsp3) is 0.238. The fourth-order valence-electron chi connectivity index (χ4n) is 3.45. The molecule has 0 aliphatic carbocycles. The van der Waals surface area contributed by atoms with Crippen molar-refractivity contribution in [3.8, 4) is 0 Å². The highest BCUT2D eigenvalue weighted by molar-refractivity contribution is 6.30. The molecule has 144 valence electrons. The van der Waals surface area contributed by atoms with Gasteiger partial charge >= 0.3 is 0 Å². The monoisotopic (exact) mass is 394 g/mol. The number of nitrogens with one attached hydrogen (secondary N) is 1. The molecule has 0 atom stereocenters. The number of rotatable bonds is 4. The van der Waals surface area contributed by atoms with Crippen LogP contribution in [0.2, 0.25) is 5.02 Å². The zero-order valence-electron chi connectivity index (χ0n) is 15.8. The van der Waals surface area contributed by atoms with Gasteiger partial charge in [-0.1, -0.05) is 29.8 Å². The highest BCUT2D eigenvalue weighted by atomic mass is 35.5. The van der Waals surface area contributed by atoms with Crippen molar-refractivity contribution in [2.45, 2.75) is 6.92 Å². The SMILES string of the molecule is Cc1cccc(Nc2ncnc(N3CCN(c4cccc(Cl)c4)CC3)c2N)c1. The van der Waals surface area contributed by atoms with Crippen molar-refractivity contribution < 1.29 is 0 Å². The standard InChI is InChI=1S/C21H23ClN6/c1-15-4-2-6-17(12-15)26-20-19(23)21(25-14-24-20)28-10-8-27(9-11-28)18-7-3-5-16(22)13-18/h2-7,12-14H,8-11,23H2,1H3,(H,24,25,26). The number of hydrogen-bond acceptors (Lipinski definition) is 6. The Morgan fingerprint density at radius 1 is 0.964 bits per heavy atom. The molecule has 0 spiro atoms. The highest BCUT2D eigenvalue weighted by Crippen LogP contribution is 2.30. The second kappa shape index (κ2) is 7.94. The minimum absolute atomic E-state index is 0.570. The van der Waals surface area contributed by atoms with E-state index in [0.717, 1.165) is 48.4 Å². The van der Waals surface area contributed by atoms with Gasteiger partial charge in [-0.25, -0.2) is 9.97 Å². The van der Waals surface area contributed by atoms with E-state index >= 15 is 0 Å². The number of benzene rings is 2. The van der Waals surface area contributed by atoms with Gasteiger partial charge in [-0.15, -0.1) is 0 Å². The molecule has 1 saturated heterocycles. The molecule has 0 amide bonds. The highest BCUT2D eigenvalue weighted by Gasteiger charge is 2.21. The first kappa shape index (κ1) is 18.4. The summed E-state index contributed by atoms with van der Waals surface area (Å²) in [5.41, 5.74) is 10.3. The van der Waals surface area contributed by atoms with Gasteiger partial charge in [0.1, 0.15) is 12.0 Å². The molecule has 7 heteroatoms. The summed E-state index contributed by atoms with van der Waals surface area (Å²) in [5.74, 6) is 1.41. The number of nitrogens with zero attached hydrogens (tertiary/aromatic N) is 4. The number of piperazine rings is 1. The predicted octanol–water partition coefficient (Wildman–Crippen LogP) is 4.09. The van der Waals surface area contributed by atoms with Crippen LogP contribution in [0.25, 0.3) is 0 Å². The average molecular weight is 395 g/mol. The van der Waals surface area contributed by atoms with Crippen molar-refractivity contribution in [3.05, 3.63) is 65.4 Å². The van der Waals surface area contributed by atoms with E-state index in [4.69, 9.17) is 17.3 Å². The Balaban J connectivity index is 1.48. The first-order valence-corrected chi connectivity index (χ1v) is 9.67. The van der Waals surface area contributed by atoms with E-state index in [1.807, 2.05) is 30.3 Å². The molecule has 1 aliphatic heterocycles. The molecule has 1 fully saturated rings. The number of nitrogen functional groups attached to an aromatic ring is 1. The molecule has 0 radical (unpaired) electrons. The van der Waals surface area contributed by atoms with E-state index in [2.05, 4.69) is 50.2 Å². The molecule has 2 aromatic carbocycles. The summed E-state index contributed by atoms with van der Waals surface area (Å²) in [6, 6.07) is 16.1. The number of anilines is 5. The van der Waals surface area contributed by atoms with Crippen LogP contribution in [-0.4, -0.2) is 36.1 Å². The molecular formula is C21H23ClN6. The van der Waals surface area contributed by atoms with Crippen LogP contribution in [-0.2, 0) is 0 Å². The van der Waals surface area contributed by atoms with Crippen molar-refractivity contribution in [1.29, 1.82) is 0 Å². The lowest BCUT2D eigenvalue weighted by Crippen LogP contribution is -2.47. The minimum atomic E-state index is 0.570. The van der Waals surface area contributed by atoms with Crippen molar-refractivity contribution in [1.82, 2.24) is 9.97 Å². The van der Waals surface area contributed by atoms with Crippen LogP contribution >= 0.6 is 11.6 Å². The molecule has 0 unspecified atom stereocenters. The molecule has 3 aromatic rings. The van der Waals surface area contributed by atoms with Gasteiger partial charge in [-0.05, 0) is 42.8 Å². The number of aromatic nitrogens is 2. The van der Waals surface area contributed by atoms with Gasteiger partial charge in [0, 0.05) is 42.6 Å². The summed E-state index contributed by atoms with van der Waals surface area (Å²) in [7, 11) is 0. The van der Waals surface area contributed by atoms with E-state index < -0.39 is 0 Å². The lowest BCUT2D eigenvalue weighted by molar-refractivity contribution is 0.647. The zero-order chi connectivity index (χ0) is 19.5. The van der Waals surface area contributed by atoms with Crippen LogP contribution in [0.1, 0.15) is 5.56 Å². The lowest BCUT2D eigenvalue weighted by Gasteiger charge is -2.37. The smallest absolute Gasteiger partial charge is 0.159 e. The van der Waals surface area contributed by atoms with Crippen LogP contribution in [0.3, 0.4) is 0 Å². The maximum atomic E-state index is 6.41. The second-order valence-electron chi connectivity index (χ2n) is 6.91. The third kappa shape index (κ3) is 3.97. The Kier molecular flexibility index (Phi) is 5.21. The van der Waals surface area contributed by atoms with Gasteiger partial charge in [0.05, 0.1) is 0 Å². The molecule has 2 heterocycles. The normalized spacial score (nSPS) is 14.2. The summed E-state index contributed by atoms with van der Waals surface area (Å²) >= 11 is 6.13. The number of hydrogen-bond donors (Lipinski definition) is 2. The molecule has 0 saturated carbocycles. The molecule has 0 bridgehead atoms. The first-order chi connectivity index (χ1) is 13.6. The second-order valence-corrected chi connectivity index (χ2v) is 7.34. The Bertz CT molecular complexity index is 969. The van der Waals surface area contributed by atoms with Crippen LogP contribution < -0.4 is 20.9 Å². The van der Waals surface area contributed by atoms with Gasteiger partial charge in [0.2, 0.25) is 0 Å². The maximum absolute atomic E-state index is 6.41. The van der Waals surface area contributed by atoms with Crippen LogP contribution in [0, 0.1) is 6.92 Å².